The predicted molar refractivity (Wildman–Crippen MR) is 77.4 cm³/mol. The highest BCUT2D eigenvalue weighted by molar-refractivity contribution is 5.23. The Morgan fingerprint density at radius 1 is 1.26 bits per heavy atom. The molecule has 19 heavy (non-hydrogen) atoms. The molecule has 1 fully saturated rings. The average Bonchev–Trinajstić information content (AvgIpc) is 2.80. The van der Waals surface area contributed by atoms with E-state index in [0.29, 0.717) is 12.0 Å². The zero-order chi connectivity index (χ0) is 14.0. The largest absolute Gasteiger partial charge is 0.326 e. The van der Waals surface area contributed by atoms with Gasteiger partial charge in [0.2, 0.25) is 0 Å². The van der Waals surface area contributed by atoms with E-state index < -0.39 is 0 Å². The molecule has 1 heterocycles. The molecule has 3 unspecified atom stereocenters. The molecule has 0 amide bonds. The van der Waals surface area contributed by atoms with Gasteiger partial charge in [-0.25, -0.2) is 4.39 Å². The summed E-state index contributed by atoms with van der Waals surface area (Å²) >= 11 is 0. The summed E-state index contributed by atoms with van der Waals surface area (Å²) in [6, 6.07) is 7.46. The fourth-order valence-electron chi connectivity index (χ4n) is 3.36. The van der Waals surface area contributed by atoms with Crippen molar-refractivity contribution in [2.75, 3.05) is 6.54 Å². The van der Waals surface area contributed by atoms with Gasteiger partial charge in [-0.2, -0.15) is 0 Å². The van der Waals surface area contributed by atoms with Crippen LogP contribution in [-0.2, 0) is 0 Å². The van der Waals surface area contributed by atoms with Gasteiger partial charge in [0.05, 0.1) is 6.04 Å². The molecular weight excluding hydrogens is 239 g/mol. The quantitative estimate of drug-likeness (QED) is 0.903. The molecule has 2 nitrogen and oxygen atoms in total. The maximum atomic E-state index is 14.1. The molecule has 1 aromatic carbocycles. The van der Waals surface area contributed by atoms with Crippen LogP contribution in [0.4, 0.5) is 4.39 Å². The first-order chi connectivity index (χ1) is 9.02. The Labute approximate surface area is 115 Å². The predicted octanol–water partition coefficient (Wildman–Crippen LogP) is 3.33. The molecule has 1 aromatic rings. The van der Waals surface area contributed by atoms with Crippen LogP contribution in [0.1, 0.15) is 45.2 Å². The van der Waals surface area contributed by atoms with Crippen LogP contribution in [0, 0.1) is 11.7 Å². The Hall–Kier alpha value is -0.930. The van der Waals surface area contributed by atoms with Crippen LogP contribution < -0.4 is 5.73 Å². The van der Waals surface area contributed by atoms with Crippen LogP contribution in [-0.4, -0.2) is 23.5 Å². The summed E-state index contributed by atoms with van der Waals surface area (Å²) in [5, 5.41) is 0. The molecule has 0 aromatic heterocycles. The normalized spacial score (nSPS) is 23.8. The molecule has 2 N–H and O–H groups in total. The van der Waals surface area contributed by atoms with Crippen molar-refractivity contribution >= 4 is 0 Å². The molecule has 106 valence electrons. The second-order valence-electron chi connectivity index (χ2n) is 6.02. The fourth-order valence-corrected chi connectivity index (χ4v) is 3.36. The molecule has 0 spiro atoms. The van der Waals surface area contributed by atoms with Crippen LogP contribution >= 0.6 is 0 Å². The molecule has 0 saturated carbocycles. The van der Waals surface area contributed by atoms with Crippen molar-refractivity contribution in [3.8, 4) is 0 Å². The smallest absolute Gasteiger partial charge is 0.128 e. The Morgan fingerprint density at radius 3 is 2.53 bits per heavy atom. The first-order valence-corrected chi connectivity index (χ1v) is 7.28. The zero-order valence-corrected chi connectivity index (χ0v) is 12.1. The molecule has 0 radical (unpaired) electrons. The monoisotopic (exact) mass is 264 g/mol. The average molecular weight is 264 g/mol. The van der Waals surface area contributed by atoms with E-state index in [2.05, 4.69) is 18.7 Å². The van der Waals surface area contributed by atoms with Gasteiger partial charge in [-0.3, -0.25) is 4.90 Å². The molecule has 2 rings (SSSR count). The molecule has 3 atom stereocenters. The molecule has 0 bridgehead atoms. The van der Waals surface area contributed by atoms with E-state index in [1.807, 2.05) is 19.1 Å². The molecule has 1 saturated heterocycles. The highest BCUT2D eigenvalue weighted by Crippen LogP contribution is 2.35. The van der Waals surface area contributed by atoms with Crippen LogP contribution in [0.15, 0.2) is 24.3 Å². The Kier molecular flexibility index (Phi) is 4.58. The van der Waals surface area contributed by atoms with E-state index in [1.165, 1.54) is 18.9 Å². The van der Waals surface area contributed by atoms with E-state index in [1.54, 1.807) is 6.07 Å². The lowest BCUT2D eigenvalue weighted by Gasteiger charge is -2.37. The summed E-state index contributed by atoms with van der Waals surface area (Å²) < 4.78 is 14.1. The lowest BCUT2D eigenvalue weighted by atomic mass is 9.94. The Bertz CT molecular complexity index is 417. The van der Waals surface area contributed by atoms with Crippen molar-refractivity contribution in [2.24, 2.45) is 11.7 Å². The minimum absolute atomic E-state index is 0.0175. The van der Waals surface area contributed by atoms with Gasteiger partial charge in [-0.05, 0) is 38.3 Å². The first kappa shape index (κ1) is 14.5. The van der Waals surface area contributed by atoms with E-state index in [-0.39, 0.29) is 17.9 Å². The SMILES string of the molecule is CC(C)C1CCCN1C(c1ccccc1F)C(C)N. The molecule has 1 aliphatic rings. The van der Waals surface area contributed by atoms with Crippen LogP contribution in [0.2, 0.25) is 0 Å². The lowest BCUT2D eigenvalue weighted by molar-refractivity contribution is 0.127. The van der Waals surface area contributed by atoms with Crippen molar-refractivity contribution in [3.05, 3.63) is 35.6 Å². The van der Waals surface area contributed by atoms with Crippen molar-refractivity contribution in [3.63, 3.8) is 0 Å². The van der Waals surface area contributed by atoms with Crippen molar-refractivity contribution in [1.29, 1.82) is 0 Å². The van der Waals surface area contributed by atoms with Crippen LogP contribution in [0.25, 0.3) is 0 Å². The van der Waals surface area contributed by atoms with E-state index >= 15 is 0 Å². The van der Waals surface area contributed by atoms with Crippen molar-refractivity contribution < 1.29 is 4.39 Å². The summed E-state index contributed by atoms with van der Waals surface area (Å²) in [7, 11) is 0. The number of nitrogens with zero attached hydrogens (tertiary/aromatic N) is 1. The fraction of sp³-hybridized carbons (Fsp3) is 0.625. The maximum absolute atomic E-state index is 14.1. The number of halogens is 1. The second kappa shape index (κ2) is 6.02. The zero-order valence-electron chi connectivity index (χ0n) is 12.1. The summed E-state index contributed by atoms with van der Waals surface area (Å²) in [6.07, 6.45) is 2.37. The van der Waals surface area contributed by atoms with E-state index in [4.69, 9.17) is 5.73 Å². The van der Waals surface area contributed by atoms with Crippen molar-refractivity contribution in [2.45, 2.75) is 51.7 Å². The van der Waals surface area contributed by atoms with Crippen LogP contribution in [0.3, 0.4) is 0 Å². The number of hydrogen-bond donors (Lipinski definition) is 1. The highest BCUT2D eigenvalue weighted by atomic mass is 19.1. The van der Waals surface area contributed by atoms with Gasteiger partial charge in [0.25, 0.3) is 0 Å². The molecule has 1 aliphatic heterocycles. The standard InChI is InChI=1S/C16H25FN2/c1-11(2)15-9-6-10-19(15)16(12(3)18)13-7-4-5-8-14(13)17/h4-5,7-8,11-12,15-16H,6,9-10,18H2,1-3H3. The summed E-state index contributed by atoms with van der Waals surface area (Å²) in [5.41, 5.74) is 6.91. The third kappa shape index (κ3) is 2.98. The highest BCUT2D eigenvalue weighted by Gasteiger charge is 2.35. The minimum atomic E-state index is -0.140. The Balaban J connectivity index is 2.33. The number of benzene rings is 1. The summed E-state index contributed by atoms with van der Waals surface area (Å²) in [4.78, 5) is 2.41. The number of hydrogen-bond acceptors (Lipinski definition) is 2. The van der Waals surface area contributed by atoms with Gasteiger partial charge in [0.1, 0.15) is 5.82 Å². The van der Waals surface area contributed by atoms with Gasteiger partial charge in [0, 0.05) is 17.6 Å². The van der Waals surface area contributed by atoms with E-state index in [9.17, 15) is 4.39 Å². The van der Waals surface area contributed by atoms with Gasteiger partial charge in [-0.1, -0.05) is 32.0 Å². The van der Waals surface area contributed by atoms with Crippen molar-refractivity contribution in [1.82, 2.24) is 4.90 Å². The first-order valence-electron chi connectivity index (χ1n) is 7.28. The van der Waals surface area contributed by atoms with Gasteiger partial charge in [0.15, 0.2) is 0 Å². The van der Waals surface area contributed by atoms with Gasteiger partial charge in [-0.15, -0.1) is 0 Å². The van der Waals surface area contributed by atoms with Crippen LogP contribution in [0.5, 0.6) is 0 Å². The van der Waals surface area contributed by atoms with E-state index in [0.717, 1.165) is 12.1 Å². The van der Waals surface area contributed by atoms with Gasteiger partial charge < -0.3 is 5.73 Å². The summed E-state index contributed by atoms with van der Waals surface area (Å²) in [5.74, 6) is 0.440. The lowest BCUT2D eigenvalue weighted by Crippen LogP contribution is -2.44. The molecular formula is C16H25FN2. The van der Waals surface area contributed by atoms with Gasteiger partial charge >= 0.3 is 0 Å². The maximum Gasteiger partial charge on any atom is 0.128 e. The topological polar surface area (TPSA) is 29.3 Å². The summed E-state index contributed by atoms with van der Waals surface area (Å²) in [6.45, 7) is 7.47. The minimum Gasteiger partial charge on any atom is -0.326 e. The number of likely N-dealkylation sites (tertiary alicyclic amines) is 1. The Morgan fingerprint density at radius 2 is 1.95 bits per heavy atom. The number of nitrogens with two attached hydrogens (primary N) is 1. The molecule has 0 aliphatic carbocycles. The number of rotatable bonds is 4. The third-order valence-corrected chi connectivity index (χ3v) is 4.19. The molecule has 3 heteroatoms. The second-order valence-corrected chi connectivity index (χ2v) is 6.02. The third-order valence-electron chi connectivity index (χ3n) is 4.19.